The van der Waals surface area contributed by atoms with E-state index in [1.54, 1.807) is 25.1 Å². The molecule has 1 N–H and O–H groups in total. The van der Waals surface area contributed by atoms with E-state index in [9.17, 15) is 9.50 Å². The molecule has 0 saturated carbocycles. The number of rotatable bonds is 3. The molecule has 0 aliphatic heterocycles. The first-order valence-electron chi connectivity index (χ1n) is 5.32. The Balaban J connectivity index is 2.18. The molecule has 0 fully saturated rings. The predicted molar refractivity (Wildman–Crippen MR) is 69.0 cm³/mol. The third kappa shape index (κ3) is 3.27. The van der Waals surface area contributed by atoms with E-state index in [2.05, 4.69) is 20.9 Å². The van der Waals surface area contributed by atoms with Crippen molar-refractivity contribution in [3.8, 4) is 11.6 Å². The van der Waals surface area contributed by atoms with E-state index in [0.29, 0.717) is 21.7 Å². The molecule has 5 heteroatoms. The first-order valence-corrected chi connectivity index (χ1v) is 6.12. The number of benzene rings is 1. The third-order valence-corrected chi connectivity index (χ3v) is 2.76. The Hall–Kier alpha value is -1.46. The summed E-state index contributed by atoms with van der Waals surface area (Å²) in [5.41, 5.74) is 0.697. The molecule has 0 amide bonds. The summed E-state index contributed by atoms with van der Waals surface area (Å²) in [6, 6.07) is 7.60. The molecule has 0 aliphatic rings. The summed E-state index contributed by atoms with van der Waals surface area (Å²) in [5.74, 6) is 0.316. The predicted octanol–water partition coefficient (Wildman–Crippen LogP) is 3.83. The van der Waals surface area contributed by atoms with Crippen molar-refractivity contribution in [3.63, 3.8) is 0 Å². The van der Waals surface area contributed by atoms with Gasteiger partial charge in [0.25, 0.3) is 0 Å². The maximum atomic E-state index is 13.1. The van der Waals surface area contributed by atoms with E-state index < -0.39 is 6.10 Å². The lowest BCUT2D eigenvalue weighted by molar-refractivity contribution is 0.198. The minimum atomic E-state index is -0.574. The summed E-state index contributed by atoms with van der Waals surface area (Å²) in [7, 11) is 0. The maximum absolute atomic E-state index is 13.1. The lowest BCUT2D eigenvalue weighted by atomic mass is 10.2. The summed E-state index contributed by atoms with van der Waals surface area (Å²) in [4.78, 5) is 4.03. The van der Waals surface area contributed by atoms with Gasteiger partial charge in [0.05, 0.1) is 6.10 Å². The Morgan fingerprint density at radius 1 is 1.33 bits per heavy atom. The number of aromatic nitrogens is 1. The molecule has 3 nitrogen and oxygen atoms in total. The van der Waals surface area contributed by atoms with E-state index in [-0.39, 0.29) is 5.82 Å². The highest BCUT2D eigenvalue weighted by Crippen LogP contribution is 2.25. The van der Waals surface area contributed by atoms with Crippen LogP contribution in [-0.2, 0) is 0 Å². The summed E-state index contributed by atoms with van der Waals surface area (Å²) in [5, 5.41) is 9.34. The van der Waals surface area contributed by atoms with Crippen LogP contribution in [0.2, 0.25) is 0 Å². The van der Waals surface area contributed by atoms with Crippen LogP contribution in [0.15, 0.2) is 41.0 Å². The molecule has 2 rings (SSSR count). The first kappa shape index (κ1) is 13.0. The average molecular weight is 312 g/mol. The van der Waals surface area contributed by atoms with E-state index in [0.717, 1.165) is 0 Å². The minimum absolute atomic E-state index is 0.344. The lowest BCUT2D eigenvalue weighted by Gasteiger charge is -2.07. The van der Waals surface area contributed by atoms with Gasteiger partial charge in [0, 0.05) is 22.8 Å². The number of hydrogen-bond donors (Lipinski definition) is 1. The van der Waals surface area contributed by atoms with Gasteiger partial charge in [-0.05, 0) is 30.7 Å². The lowest BCUT2D eigenvalue weighted by Crippen LogP contribution is -1.94. The van der Waals surface area contributed by atoms with E-state index in [4.69, 9.17) is 4.74 Å². The van der Waals surface area contributed by atoms with Crippen molar-refractivity contribution in [1.29, 1.82) is 0 Å². The molecular formula is C13H11BrFNO2. The Bertz CT molecular complexity index is 523. The fourth-order valence-electron chi connectivity index (χ4n) is 1.41. The highest BCUT2D eigenvalue weighted by Gasteiger charge is 2.05. The molecule has 2 aromatic rings. The van der Waals surface area contributed by atoms with Crippen LogP contribution < -0.4 is 4.74 Å². The Morgan fingerprint density at radius 2 is 2.11 bits per heavy atom. The summed E-state index contributed by atoms with van der Waals surface area (Å²) < 4.78 is 19.1. The highest BCUT2D eigenvalue weighted by atomic mass is 79.9. The van der Waals surface area contributed by atoms with Crippen LogP contribution in [0.3, 0.4) is 0 Å². The Morgan fingerprint density at radius 3 is 2.67 bits per heavy atom. The standard InChI is InChI=1S/C13H11BrFNO2/c1-8(17)9-2-3-13(16-7-9)18-12-5-10(14)4-11(15)6-12/h2-8,17H,1H3/t8-/m1/s1. The Labute approximate surface area is 112 Å². The molecule has 94 valence electrons. The van der Waals surface area contributed by atoms with Gasteiger partial charge in [0.1, 0.15) is 11.6 Å². The van der Waals surface area contributed by atoms with Crippen LogP contribution in [-0.4, -0.2) is 10.1 Å². The van der Waals surface area contributed by atoms with Crippen molar-refractivity contribution < 1.29 is 14.2 Å². The van der Waals surface area contributed by atoms with Crippen LogP contribution in [0.4, 0.5) is 4.39 Å². The third-order valence-electron chi connectivity index (χ3n) is 2.30. The van der Waals surface area contributed by atoms with Crippen molar-refractivity contribution in [2.75, 3.05) is 0 Å². The number of ether oxygens (including phenoxy) is 1. The average Bonchev–Trinajstić information content (AvgIpc) is 2.28. The molecule has 1 heterocycles. The smallest absolute Gasteiger partial charge is 0.219 e. The normalized spacial score (nSPS) is 12.2. The van der Waals surface area contributed by atoms with Crippen LogP contribution in [0.1, 0.15) is 18.6 Å². The van der Waals surface area contributed by atoms with Crippen molar-refractivity contribution in [3.05, 3.63) is 52.4 Å². The second-order valence-corrected chi connectivity index (χ2v) is 4.73. The number of pyridine rings is 1. The van der Waals surface area contributed by atoms with Crippen molar-refractivity contribution in [2.24, 2.45) is 0 Å². The summed E-state index contributed by atoms with van der Waals surface area (Å²) in [6.07, 6.45) is 0.948. The summed E-state index contributed by atoms with van der Waals surface area (Å²) >= 11 is 3.18. The first-order chi connectivity index (χ1) is 8.54. The molecule has 0 bridgehead atoms. The van der Waals surface area contributed by atoms with Crippen LogP contribution in [0, 0.1) is 5.82 Å². The van der Waals surface area contributed by atoms with Crippen molar-refractivity contribution >= 4 is 15.9 Å². The zero-order valence-corrected chi connectivity index (χ0v) is 11.2. The summed E-state index contributed by atoms with van der Waals surface area (Å²) in [6.45, 7) is 1.65. The van der Waals surface area contributed by atoms with Gasteiger partial charge in [0.2, 0.25) is 5.88 Å². The van der Waals surface area contributed by atoms with Gasteiger partial charge < -0.3 is 9.84 Å². The van der Waals surface area contributed by atoms with Gasteiger partial charge in [-0.15, -0.1) is 0 Å². The second-order valence-electron chi connectivity index (χ2n) is 3.81. The van der Waals surface area contributed by atoms with Crippen LogP contribution >= 0.6 is 15.9 Å². The van der Waals surface area contributed by atoms with E-state index >= 15 is 0 Å². The highest BCUT2D eigenvalue weighted by molar-refractivity contribution is 9.10. The van der Waals surface area contributed by atoms with Crippen molar-refractivity contribution in [2.45, 2.75) is 13.0 Å². The molecule has 1 aromatic carbocycles. The Kier molecular flexibility index (Phi) is 3.93. The van der Waals surface area contributed by atoms with E-state index in [1.165, 1.54) is 18.3 Å². The second kappa shape index (κ2) is 5.46. The van der Waals surface area contributed by atoms with E-state index in [1.807, 2.05) is 0 Å². The molecule has 0 radical (unpaired) electrons. The number of aliphatic hydroxyl groups excluding tert-OH is 1. The molecule has 0 aliphatic carbocycles. The quantitative estimate of drug-likeness (QED) is 0.936. The SMILES string of the molecule is C[C@@H](O)c1ccc(Oc2cc(F)cc(Br)c2)nc1. The number of nitrogens with zero attached hydrogens (tertiary/aromatic N) is 1. The monoisotopic (exact) mass is 311 g/mol. The van der Waals surface area contributed by atoms with Crippen molar-refractivity contribution in [1.82, 2.24) is 4.98 Å². The van der Waals surface area contributed by atoms with Gasteiger partial charge in [-0.3, -0.25) is 0 Å². The van der Waals surface area contributed by atoms with Gasteiger partial charge in [0.15, 0.2) is 0 Å². The molecule has 0 spiro atoms. The number of hydrogen-bond acceptors (Lipinski definition) is 3. The van der Waals surface area contributed by atoms with Crippen LogP contribution in [0.5, 0.6) is 11.6 Å². The van der Waals surface area contributed by atoms with Gasteiger partial charge in [-0.1, -0.05) is 15.9 Å². The fraction of sp³-hybridized carbons (Fsp3) is 0.154. The molecule has 0 unspecified atom stereocenters. The van der Waals surface area contributed by atoms with Gasteiger partial charge in [-0.2, -0.15) is 0 Å². The molecular weight excluding hydrogens is 301 g/mol. The number of aliphatic hydroxyl groups is 1. The topological polar surface area (TPSA) is 42.4 Å². The minimum Gasteiger partial charge on any atom is -0.439 e. The molecule has 0 saturated heterocycles. The maximum Gasteiger partial charge on any atom is 0.219 e. The zero-order valence-electron chi connectivity index (χ0n) is 9.60. The van der Waals surface area contributed by atoms with Gasteiger partial charge >= 0.3 is 0 Å². The largest absolute Gasteiger partial charge is 0.439 e. The van der Waals surface area contributed by atoms with Gasteiger partial charge in [-0.25, -0.2) is 9.37 Å². The molecule has 18 heavy (non-hydrogen) atoms. The number of halogens is 2. The fourth-order valence-corrected chi connectivity index (χ4v) is 1.85. The zero-order chi connectivity index (χ0) is 13.1. The molecule has 1 aromatic heterocycles. The molecule has 1 atom stereocenters. The van der Waals surface area contributed by atoms with Crippen LogP contribution in [0.25, 0.3) is 0 Å².